The molecule has 0 atom stereocenters. The van der Waals surface area contributed by atoms with Crippen LogP contribution in [0.15, 0.2) is 133 Å². The van der Waals surface area contributed by atoms with E-state index in [4.69, 9.17) is 19.4 Å². The number of hydrogen-bond donors (Lipinski definition) is 0. The number of aromatic nitrogens is 2. The highest BCUT2D eigenvalue weighted by Gasteiger charge is 2.22. The molecule has 6 heteroatoms. The van der Waals surface area contributed by atoms with Crippen LogP contribution in [0.25, 0.3) is 44.3 Å². The van der Waals surface area contributed by atoms with Crippen molar-refractivity contribution >= 4 is 33.7 Å². The van der Waals surface area contributed by atoms with Gasteiger partial charge in [0.1, 0.15) is 11.5 Å². The largest absolute Gasteiger partial charge is 0.423 e. The van der Waals surface area contributed by atoms with Gasteiger partial charge in [-0.3, -0.25) is 0 Å². The van der Waals surface area contributed by atoms with Gasteiger partial charge in [0.05, 0.1) is 33.5 Å². The molecule has 2 aromatic heterocycles. The molecule has 0 fully saturated rings. The average Bonchev–Trinajstić information content (AvgIpc) is 3.14. The molecule has 0 aliphatic rings. The molecule has 0 bridgehead atoms. The SMILES string of the molecule is CC(C)c1ccc(OC(=O)c2cc(-c3ccccc3)nc3cc4nc(-c5ccccc5)cc(C(=O)Oc5ccc(C(C)C)cc5)c4cc23)cc1. The van der Waals surface area contributed by atoms with E-state index in [1.54, 1.807) is 42.5 Å². The average molecular weight is 657 g/mol. The summed E-state index contributed by atoms with van der Waals surface area (Å²) in [6, 6.07) is 41.6. The fourth-order valence-electron chi connectivity index (χ4n) is 5.96. The van der Waals surface area contributed by atoms with Crippen LogP contribution >= 0.6 is 0 Å². The number of pyridine rings is 2. The van der Waals surface area contributed by atoms with Crippen molar-refractivity contribution in [3.63, 3.8) is 0 Å². The van der Waals surface area contributed by atoms with E-state index in [0.717, 1.165) is 22.3 Å². The van der Waals surface area contributed by atoms with E-state index in [0.29, 0.717) is 67.7 Å². The van der Waals surface area contributed by atoms with E-state index in [-0.39, 0.29) is 0 Å². The maximum atomic E-state index is 14.0. The van der Waals surface area contributed by atoms with Gasteiger partial charge in [-0.15, -0.1) is 0 Å². The first-order valence-corrected chi connectivity index (χ1v) is 16.8. The molecule has 0 radical (unpaired) electrons. The molecule has 0 N–H and O–H groups in total. The number of nitrogens with zero attached hydrogens (tertiary/aromatic N) is 2. The summed E-state index contributed by atoms with van der Waals surface area (Å²) in [5, 5.41) is 1.07. The van der Waals surface area contributed by atoms with Crippen LogP contribution in [-0.4, -0.2) is 21.9 Å². The minimum absolute atomic E-state index is 0.319. The lowest BCUT2D eigenvalue weighted by Gasteiger charge is -2.14. The van der Waals surface area contributed by atoms with Crippen LogP contribution in [0.5, 0.6) is 11.5 Å². The summed E-state index contributed by atoms with van der Waals surface area (Å²) in [6.45, 7) is 8.46. The highest BCUT2D eigenvalue weighted by Crippen LogP contribution is 2.33. The Labute approximate surface area is 291 Å². The van der Waals surface area contributed by atoms with Crippen LogP contribution in [0, 0.1) is 0 Å². The summed E-state index contributed by atoms with van der Waals surface area (Å²) in [6.07, 6.45) is 0. The summed E-state index contributed by atoms with van der Waals surface area (Å²) >= 11 is 0. The fraction of sp³-hybridized carbons (Fsp3) is 0.136. The number of benzene rings is 5. The Morgan fingerprint density at radius 3 is 1.22 bits per heavy atom. The summed E-state index contributed by atoms with van der Waals surface area (Å²) in [7, 11) is 0. The Morgan fingerprint density at radius 2 is 0.860 bits per heavy atom. The molecule has 0 aliphatic heterocycles. The quantitative estimate of drug-likeness (QED) is 0.0920. The monoisotopic (exact) mass is 656 g/mol. The van der Waals surface area contributed by atoms with Crippen LogP contribution < -0.4 is 9.47 Å². The number of rotatable bonds is 8. The Balaban J connectivity index is 1.39. The van der Waals surface area contributed by atoms with Gasteiger partial charge >= 0.3 is 11.9 Å². The van der Waals surface area contributed by atoms with Gasteiger partial charge in [-0.05, 0) is 71.5 Å². The van der Waals surface area contributed by atoms with Crippen molar-refractivity contribution in [1.82, 2.24) is 9.97 Å². The molecule has 2 heterocycles. The van der Waals surface area contributed by atoms with Gasteiger partial charge < -0.3 is 9.47 Å². The molecule has 0 saturated heterocycles. The third-order valence-electron chi connectivity index (χ3n) is 8.83. The van der Waals surface area contributed by atoms with Gasteiger partial charge in [0.15, 0.2) is 0 Å². The maximum Gasteiger partial charge on any atom is 0.344 e. The van der Waals surface area contributed by atoms with Crippen LogP contribution in [-0.2, 0) is 0 Å². The summed E-state index contributed by atoms with van der Waals surface area (Å²) < 4.78 is 11.9. The van der Waals surface area contributed by atoms with E-state index in [2.05, 4.69) is 27.7 Å². The second-order valence-electron chi connectivity index (χ2n) is 13.0. The smallest absolute Gasteiger partial charge is 0.344 e. The Kier molecular flexibility index (Phi) is 8.92. The summed E-state index contributed by atoms with van der Waals surface area (Å²) in [5.74, 6) is 0.509. The Bertz CT molecular complexity index is 2170. The predicted molar refractivity (Wildman–Crippen MR) is 199 cm³/mol. The molecular formula is C44H36N2O4. The van der Waals surface area contributed by atoms with Gasteiger partial charge in [0.25, 0.3) is 0 Å². The van der Waals surface area contributed by atoms with Crippen molar-refractivity contribution in [2.75, 3.05) is 0 Å². The van der Waals surface area contributed by atoms with E-state index in [1.165, 1.54) is 0 Å². The third kappa shape index (κ3) is 6.74. The van der Waals surface area contributed by atoms with Crippen molar-refractivity contribution in [1.29, 1.82) is 0 Å². The first kappa shape index (κ1) is 32.4. The molecule has 0 amide bonds. The molecule has 7 aromatic rings. The molecule has 0 unspecified atom stereocenters. The second-order valence-corrected chi connectivity index (χ2v) is 13.0. The van der Waals surface area contributed by atoms with Crippen LogP contribution in [0.3, 0.4) is 0 Å². The topological polar surface area (TPSA) is 78.4 Å². The minimum atomic E-state index is -0.533. The highest BCUT2D eigenvalue weighted by atomic mass is 16.5. The number of hydrogen-bond acceptors (Lipinski definition) is 6. The number of carbonyl (C=O) groups is 2. The lowest BCUT2D eigenvalue weighted by atomic mass is 9.99. The van der Waals surface area contributed by atoms with Crippen LogP contribution in [0.4, 0.5) is 0 Å². The Morgan fingerprint density at radius 1 is 0.480 bits per heavy atom. The van der Waals surface area contributed by atoms with E-state index in [1.807, 2.05) is 91.0 Å². The third-order valence-corrected chi connectivity index (χ3v) is 8.83. The second kappa shape index (κ2) is 13.8. The lowest BCUT2D eigenvalue weighted by molar-refractivity contribution is 0.0727. The van der Waals surface area contributed by atoms with Crippen molar-refractivity contribution in [3.8, 4) is 34.0 Å². The molecule has 0 aliphatic carbocycles. The minimum Gasteiger partial charge on any atom is -0.423 e. The zero-order valence-electron chi connectivity index (χ0n) is 28.4. The van der Waals surface area contributed by atoms with Crippen molar-refractivity contribution in [3.05, 3.63) is 156 Å². The van der Waals surface area contributed by atoms with Gasteiger partial charge in [-0.2, -0.15) is 0 Å². The normalized spacial score (nSPS) is 11.3. The summed E-state index contributed by atoms with van der Waals surface area (Å²) in [4.78, 5) is 37.9. The molecule has 5 aromatic carbocycles. The molecule has 6 nitrogen and oxygen atoms in total. The number of carbonyl (C=O) groups excluding carboxylic acids is 2. The van der Waals surface area contributed by atoms with E-state index < -0.39 is 11.9 Å². The molecule has 246 valence electrons. The van der Waals surface area contributed by atoms with Crippen molar-refractivity contribution < 1.29 is 19.1 Å². The zero-order valence-corrected chi connectivity index (χ0v) is 28.4. The van der Waals surface area contributed by atoms with Gasteiger partial charge in [0, 0.05) is 21.9 Å². The first-order chi connectivity index (χ1) is 24.2. The molecule has 0 saturated carbocycles. The van der Waals surface area contributed by atoms with Gasteiger partial charge in [-0.1, -0.05) is 113 Å². The number of esters is 2. The number of ether oxygens (including phenoxy) is 2. The molecule has 50 heavy (non-hydrogen) atoms. The van der Waals surface area contributed by atoms with Gasteiger partial charge in [-0.25, -0.2) is 19.6 Å². The first-order valence-electron chi connectivity index (χ1n) is 16.8. The van der Waals surface area contributed by atoms with E-state index in [9.17, 15) is 9.59 Å². The molecular weight excluding hydrogens is 620 g/mol. The lowest BCUT2D eigenvalue weighted by Crippen LogP contribution is -2.12. The predicted octanol–water partition coefficient (Wildman–Crippen LogP) is 10.8. The van der Waals surface area contributed by atoms with Crippen LogP contribution in [0.1, 0.15) is 71.4 Å². The van der Waals surface area contributed by atoms with Gasteiger partial charge in [0.2, 0.25) is 0 Å². The van der Waals surface area contributed by atoms with Crippen LogP contribution in [0.2, 0.25) is 0 Å². The standard InChI is InChI=1S/C44H36N2O4/c1-27(2)29-15-19-33(20-16-29)49-43(47)37-24-39(31-11-7-5-8-12-31)45-41-26-42-36(23-35(37)41)38(25-40(46-42)32-13-9-6-10-14-32)44(48)50-34-21-17-30(18-22-34)28(3)4/h5-28H,1-4H3. The zero-order chi connectivity index (χ0) is 34.8. The van der Waals surface area contributed by atoms with Crippen molar-refractivity contribution in [2.45, 2.75) is 39.5 Å². The maximum absolute atomic E-state index is 14.0. The Hall–Kier alpha value is -6.14. The van der Waals surface area contributed by atoms with Crippen molar-refractivity contribution in [2.24, 2.45) is 0 Å². The fourth-order valence-corrected chi connectivity index (χ4v) is 5.96. The molecule has 7 rings (SSSR count). The highest BCUT2D eigenvalue weighted by molar-refractivity contribution is 6.13. The summed E-state index contributed by atoms with van der Waals surface area (Å²) in [5.41, 5.74) is 6.95. The number of fused-ring (bicyclic) bond motifs is 2. The van der Waals surface area contributed by atoms with E-state index >= 15 is 0 Å². The molecule has 0 spiro atoms.